The number of fused-ring (bicyclic) bond motifs is 1. The van der Waals surface area contributed by atoms with Crippen molar-refractivity contribution in [1.82, 2.24) is 10.4 Å². The molecule has 134 valence electrons. The van der Waals surface area contributed by atoms with E-state index < -0.39 is 12.2 Å². The molecule has 1 heterocycles. The lowest BCUT2D eigenvalue weighted by Crippen LogP contribution is -2.43. The van der Waals surface area contributed by atoms with Crippen molar-refractivity contribution < 1.29 is 18.0 Å². The van der Waals surface area contributed by atoms with Crippen molar-refractivity contribution >= 4 is 16.7 Å². The molecule has 25 heavy (non-hydrogen) atoms. The molecular formula is C19H21F3N2O. The first kappa shape index (κ1) is 17.7. The molecule has 0 aromatic heterocycles. The average Bonchev–Trinajstić information content (AvgIpc) is 2.91. The van der Waals surface area contributed by atoms with E-state index in [1.54, 1.807) is 18.2 Å². The molecular weight excluding hydrogens is 329 g/mol. The number of benzene rings is 2. The molecule has 1 N–H and O–H groups in total. The van der Waals surface area contributed by atoms with Crippen molar-refractivity contribution in [3.05, 3.63) is 47.5 Å². The Hall–Kier alpha value is -2.08. The Morgan fingerprint density at radius 1 is 1.12 bits per heavy atom. The molecule has 1 aliphatic heterocycles. The van der Waals surface area contributed by atoms with Crippen LogP contribution in [0.1, 0.15) is 44.4 Å². The SMILES string of the molecule is CC(C)(C)c1cc(C(N2CCC(=O)N2)C(F)(F)F)c2ccccc2c1. The van der Waals surface area contributed by atoms with E-state index in [9.17, 15) is 18.0 Å². The number of rotatable bonds is 2. The van der Waals surface area contributed by atoms with E-state index >= 15 is 0 Å². The predicted octanol–water partition coefficient (Wildman–Crippen LogP) is 4.48. The Balaban J connectivity index is 2.24. The van der Waals surface area contributed by atoms with E-state index in [1.165, 1.54) is 0 Å². The molecule has 0 bridgehead atoms. The predicted molar refractivity (Wildman–Crippen MR) is 90.9 cm³/mol. The lowest BCUT2D eigenvalue weighted by molar-refractivity contribution is -0.190. The molecule has 1 aliphatic rings. The standard InChI is InChI=1S/C19H21F3N2O/c1-18(2,3)13-10-12-6-4-5-7-14(12)15(11-13)17(19(20,21)22)24-9-8-16(25)23-24/h4-7,10-11,17H,8-9H2,1-3H3,(H,23,25). The van der Waals surface area contributed by atoms with Crippen molar-refractivity contribution in [3.63, 3.8) is 0 Å². The van der Waals surface area contributed by atoms with Gasteiger partial charge in [0.2, 0.25) is 5.91 Å². The summed E-state index contributed by atoms with van der Waals surface area (Å²) in [7, 11) is 0. The molecule has 2 aromatic carbocycles. The van der Waals surface area contributed by atoms with Crippen LogP contribution < -0.4 is 5.43 Å². The smallest absolute Gasteiger partial charge is 0.288 e. The summed E-state index contributed by atoms with van der Waals surface area (Å²) in [5, 5.41) is 2.33. The second-order valence-electron chi connectivity index (χ2n) is 7.46. The number of carbonyl (C=O) groups is 1. The summed E-state index contributed by atoms with van der Waals surface area (Å²) in [6.45, 7) is 5.96. The molecule has 6 heteroatoms. The van der Waals surface area contributed by atoms with Gasteiger partial charge in [-0.3, -0.25) is 10.2 Å². The molecule has 0 saturated carbocycles. The minimum absolute atomic E-state index is 0.0388. The highest BCUT2D eigenvalue weighted by molar-refractivity contribution is 5.87. The van der Waals surface area contributed by atoms with Gasteiger partial charge in [-0.25, -0.2) is 5.01 Å². The van der Waals surface area contributed by atoms with Crippen LogP contribution in [0.25, 0.3) is 10.8 Å². The van der Waals surface area contributed by atoms with Gasteiger partial charge in [-0.2, -0.15) is 13.2 Å². The van der Waals surface area contributed by atoms with Crippen LogP contribution in [0.3, 0.4) is 0 Å². The highest BCUT2D eigenvalue weighted by Gasteiger charge is 2.47. The zero-order chi connectivity index (χ0) is 18.4. The Bertz CT molecular complexity index is 808. The largest absolute Gasteiger partial charge is 0.409 e. The number of hydrogen-bond donors (Lipinski definition) is 1. The van der Waals surface area contributed by atoms with E-state index in [4.69, 9.17) is 0 Å². The van der Waals surface area contributed by atoms with Gasteiger partial charge in [-0.1, -0.05) is 57.2 Å². The van der Waals surface area contributed by atoms with Crippen LogP contribution in [0.15, 0.2) is 36.4 Å². The first-order valence-electron chi connectivity index (χ1n) is 8.23. The highest BCUT2D eigenvalue weighted by Crippen LogP contribution is 2.42. The van der Waals surface area contributed by atoms with E-state index in [0.29, 0.717) is 5.39 Å². The number of nitrogens with zero attached hydrogens (tertiary/aromatic N) is 1. The lowest BCUT2D eigenvalue weighted by atomic mass is 9.83. The minimum atomic E-state index is -4.50. The van der Waals surface area contributed by atoms with Gasteiger partial charge in [-0.15, -0.1) is 0 Å². The van der Waals surface area contributed by atoms with Crippen molar-refractivity contribution in [2.24, 2.45) is 0 Å². The van der Waals surface area contributed by atoms with E-state index in [2.05, 4.69) is 5.43 Å². The zero-order valence-electron chi connectivity index (χ0n) is 14.4. The topological polar surface area (TPSA) is 32.3 Å². The Kier molecular flexibility index (Phi) is 4.27. The van der Waals surface area contributed by atoms with Gasteiger partial charge < -0.3 is 0 Å². The molecule has 0 radical (unpaired) electrons. The molecule has 1 fully saturated rings. The van der Waals surface area contributed by atoms with Crippen molar-refractivity contribution in [2.75, 3.05) is 6.54 Å². The first-order chi connectivity index (χ1) is 11.6. The van der Waals surface area contributed by atoms with Crippen molar-refractivity contribution in [3.8, 4) is 0 Å². The van der Waals surface area contributed by atoms with Crippen LogP contribution in [-0.4, -0.2) is 23.6 Å². The van der Waals surface area contributed by atoms with E-state index in [0.717, 1.165) is 16.0 Å². The maximum absolute atomic E-state index is 13.9. The third-order valence-corrected chi connectivity index (χ3v) is 4.52. The van der Waals surface area contributed by atoms with Crippen LogP contribution in [-0.2, 0) is 10.2 Å². The summed E-state index contributed by atoms with van der Waals surface area (Å²) in [4.78, 5) is 11.5. The molecule has 3 rings (SSSR count). The molecule has 3 nitrogen and oxygen atoms in total. The number of amides is 1. The van der Waals surface area contributed by atoms with Crippen molar-refractivity contribution in [1.29, 1.82) is 0 Å². The van der Waals surface area contributed by atoms with Gasteiger partial charge in [0.1, 0.15) is 0 Å². The molecule has 1 unspecified atom stereocenters. The van der Waals surface area contributed by atoms with E-state index in [1.807, 2.05) is 39.0 Å². The van der Waals surface area contributed by atoms with Crippen LogP contribution >= 0.6 is 0 Å². The fraction of sp³-hybridized carbons (Fsp3) is 0.421. The monoisotopic (exact) mass is 350 g/mol. The quantitative estimate of drug-likeness (QED) is 0.866. The average molecular weight is 350 g/mol. The summed E-state index contributed by atoms with van der Waals surface area (Å²) in [5.41, 5.74) is 3.08. The lowest BCUT2D eigenvalue weighted by Gasteiger charge is -2.31. The molecule has 1 atom stereocenters. The van der Waals surface area contributed by atoms with Crippen molar-refractivity contribution in [2.45, 2.75) is 44.8 Å². The molecule has 0 aliphatic carbocycles. The van der Waals surface area contributed by atoms with Crippen LogP contribution in [0.4, 0.5) is 13.2 Å². The number of alkyl halides is 3. The van der Waals surface area contributed by atoms with Crippen LogP contribution in [0.5, 0.6) is 0 Å². The minimum Gasteiger partial charge on any atom is -0.288 e. The highest BCUT2D eigenvalue weighted by atomic mass is 19.4. The fourth-order valence-electron chi connectivity index (χ4n) is 3.21. The summed E-state index contributed by atoms with van der Waals surface area (Å²) < 4.78 is 41.8. The Morgan fingerprint density at radius 3 is 2.36 bits per heavy atom. The molecule has 1 amide bonds. The van der Waals surface area contributed by atoms with Gasteiger partial charge in [0.15, 0.2) is 6.04 Å². The molecule has 0 spiro atoms. The van der Waals surface area contributed by atoms with Gasteiger partial charge in [0, 0.05) is 13.0 Å². The second-order valence-corrected chi connectivity index (χ2v) is 7.46. The summed E-state index contributed by atoms with van der Waals surface area (Å²) >= 11 is 0. The van der Waals surface area contributed by atoms with Crippen LogP contribution in [0.2, 0.25) is 0 Å². The number of nitrogens with one attached hydrogen (secondary N) is 1. The maximum Gasteiger partial charge on any atom is 0.409 e. The van der Waals surface area contributed by atoms with Gasteiger partial charge >= 0.3 is 6.18 Å². The Labute approximate surface area is 144 Å². The normalized spacial score (nSPS) is 17.8. The maximum atomic E-state index is 13.9. The Morgan fingerprint density at radius 2 is 1.80 bits per heavy atom. The fourth-order valence-corrected chi connectivity index (χ4v) is 3.21. The second kappa shape index (κ2) is 6.02. The summed E-state index contributed by atoms with van der Waals surface area (Å²) in [5.74, 6) is -0.384. The van der Waals surface area contributed by atoms with E-state index in [-0.39, 0.29) is 29.9 Å². The third-order valence-electron chi connectivity index (χ3n) is 4.52. The van der Waals surface area contributed by atoms with Gasteiger partial charge in [0.05, 0.1) is 0 Å². The van der Waals surface area contributed by atoms with Crippen LogP contribution in [0, 0.1) is 0 Å². The van der Waals surface area contributed by atoms with Gasteiger partial charge in [-0.05, 0) is 27.3 Å². The molecule has 1 saturated heterocycles. The zero-order valence-corrected chi connectivity index (χ0v) is 14.4. The number of carbonyl (C=O) groups excluding carboxylic acids is 1. The summed E-state index contributed by atoms with van der Waals surface area (Å²) in [6, 6.07) is 8.78. The molecule has 2 aromatic rings. The number of halogens is 3. The summed E-state index contributed by atoms with van der Waals surface area (Å²) in [6.07, 6.45) is -4.43. The number of hydrogen-bond acceptors (Lipinski definition) is 2. The number of hydrazine groups is 1. The third kappa shape index (κ3) is 3.49. The first-order valence-corrected chi connectivity index (χ1v) is 8.23. The van der Waals surface area contributed by atoms with Gasteiger partial charge in [0.25, 0.3) is 0 Å².